The molecule has 0 bridgehead atoms. The number of nitrogens with two attached hydrogens (primary N) is 1. The summed E-state index contributed by atoms with van der Waals surface area (Å²) < 4.78 is 5.79. The van der Waals surface area contributed by atoms with Crippen LogP contribution in [0.3, 0.4) is 0 Å². The van der Waals surface area contributed by atoms with Gasteiger partial charge in [0.25, 0.3) is 0 Å². The highest BCUT2D eigenvalue weighted by Gasteiger charge is 2.39. The van der Waals surface area contributed by atoms with Crippen molar-refractivity contribution in [2.24, 2.45) is 11.7 Å². The van der Waals surface area contributed by atoms with E-state index in [2.05, 4.69) is 0 Å². The van der Waals surface area contributed by atoms with E-state index >= 15 is 0 Å². The number of fused-ring (bicyclic) bond motifs is 2. The van der Waals surface area contributed by atoms with E-state index in [-0.39, 0.29) is 29.1 Å². The predicted molar refractivity (Wildman–Crippen MR) is 68.9 cm³/mol. The molecule has 0 aromatic heterocycles. The molecule has 2 atom stereocenters. The van der Waals surface area contributed by atoms with Crippen molar-refractivity contribution in [1.29, 1.82) is 10.7 Å². The second kappa shape index (κ2) is 4.02. The van der Waals surface area contributed by atoms with Crippen molar-refractivity contribution in [2.75, 3.05) is 0 Å². The van der Waals surface area contributed by atoms with E-state index < -0.39 is 0 Å². The zero-order chi connectivity index (χ0) is 13.6. The number of nitriles is 1. The van der Waals surface area contributed by atoms with E-state index in [1.54, 1.807) is 12.1 Å². The number of hydrogen-bond donors (Lipinski definition) is 3. The Hall–Kier alpha value is -2.48. The van der Waals surface area contributed by atoms with Gasteiger partial charge in [0.05, 0.1) is 11.3 Å². The molecule has 0 radical (unpaired) electrons. The van der Waals surface area contributed by atoms with Gasteiger partial charge in [0.15, 0.2) is 11.5 Å². The van der Waals surface area contributed by atoms with E-state index in [1.165, 1.54) is 0 Å². The largest absolute Gasteiger partial charge is 0.504 e. The molecule has 1 aromatic carbocycles. The van der Waals surface area contributed by atoms with Crippen LogP contribution in [0, 0.1) is 22.7 Å². The van der Waals surface area contributed by atoms with Crippen molar-refractivity contribution in [1.82, 2.24) is 0 Å². The van der Waals surface area contributed by atoms with E-state index in [9.17, 15) is 5.11 Å². The number of nitrogens with zero attached hydrogens (tertiary/aromatic N) is 1. The Balaban J connectivity index is 2.03. The number of hydrogen-bond acceptors (Lipinski definition) is 5. The van der Waals surface area contributed by atoms with Crippen LogP contribution in [-0.4, -0.2) is 16.9 Å². The maximum Gasteiger partial charge on any atom is 0.164 e. The number of para-hydroxylation sites is 1. The minimum absolute atomic E-state index is 0.108. The Morgan fingerprint density at radius 3 is 2.95 bits per heavy atom. The van der Waals surface area contributed by atoms with Crippen LogP contribution in [0.5, 0.6) is 11.5 Å². The maximum atomic E-state index is 9.80. The molecular formula is C14H13N3O2. The molecule has 1 aliphatic heterocycles. The Bertz CT molecular complexity index is 643. The number of benzene rings is 1. The number of allylic oxidation sites excluding steroid dienone is 1. The quantitative estimate of drug-likeness (QED) is 0.653. The van der Waals surface area contributed by atoms with Crippen molar-refractivity contribution in [3.63, 3.8) is 0 Å². The summed E-state index contributed by atoms with van der Waals surface area (Å²) in [7, 11) is 0. The maximum absolute atomic E-state index is 9.80. The summed E-state index contributed by atoms with van der Waals surface area (Å²) in [6.07, 6.45) is 0.737. The lowest BCUT2D eigenvalue weighted by Gasteiger charge is -2.37. The zero-order valence-electron chi connectivity index (χ0n) is 10.2. The van der Waals surface area contributed by atoms with Gasteiger partial charge in [0.1, 0.15) is 12.2 Å². The molecule has 4 N–H and O–H groups in total. The van der Waals surface area contributed by atoms with Crippen LogP contribution >= 0.6 is 0 Å². The molecule has 0 spiro atoms. The van der Waals surface area contributed by atoms with Gasteiger partial charge in [-0.2, -0.15) is 5.26 Å². The molecule has 0 fully saturated rings. The lowest BCUT2D eigenvalue weighted by molar-refractivity contribution is 0.135. The first kappa shape index (κ1) is 11.6. The van der Waals surface area contributed by atoms with Crippen LogP contribution in [-0.2, 0) is 6.42 Å². The second-order valence-electron chi connectivity index (χ2n) is 4.86. The van der Waals surface area contributed by atoms with Crippen molar-refractivity contribution < 1.29 is 9.84 Å². The topological polar surface area (TPSA) is 103 Å². The molecule has 0 saturated heterocycles. The third-order valence-electron chi connectivity index (χ3n) is 3.73. The molecule has 1 heterocycles. The predicted octanol–water partition coefficient (Wildman–Crippen LogP) is 1.47. The summed E-state index contributed by atoms with van der Waals surface area (Å²) >= 11 is 0. The molecule has 1 aliphatic carbocycles. The number of nitrogens with one attached hydrogen (secondary N) is 1. The fourth-order valence-electron chi connectivity index (χ4n) is 2.75. The van der Waals surface area contributed by atoms with Crippen LogP contribution in [0.2, 0.25) is 0 Å². The summed E-state index contributed by atoms with van der Waals surface area (Å²) in [5.74, 6) is 0.414. The first-order valence-corrected chi connectivity index (χ1v) is 6.07. The van der Waals surface area contributed by atoms with Crippen LogP contribution < -0.4 is 10.5 Å². The molecule has 2 aliphatic rings. The highest BCUT2D eigenvalue weighted by molar-refractivity contribution is 6.05. The zero-order valence-corrected chi connectivity index (χ0v) is 10.2. The average Bonchev–Trinajstić information content (AvgIpc) is 2.39. The van der Waals surface area contributed by atoms with Crippen LogP contribution in [0.15, 0.2) is 29.5 Å². The van der Waals surface area contributed by atoms with E-state index in [0.717, 1.165) is 5.56 Å². The Morgan fingerprint density at radius 1 is 1.42 bits per heavy atom. The van der Waals surface area contributed by atoms with Gasteiger partial charge in [-0.05, 0) is 18.1 Å². The number of aromatic hydroxyl groups is 1. The second-order valence-corrected chi connectivity index (χ2v) is 4.86. The number of ether oxygens (including phenoxy) is 1. The Labute approximate surface area is 110 Å². The summed E-state index contributed by atoms with van der Waals surface area (Å²) in [6.45, 7) is 0. The Kier molecular flexibility index (Phi) is 2.46. The van der Waals surface area contributed by atoms with E-state index in [4.69, 9.17) is 21.1 Å². The van der Waals surface area contributed by atoms with Crippen molar-refractivity contribution in [3.8, 4) is 17.6 Å². The average molecular weight is 255 g/mol. The van der Waals surface area contributed by atoms with E-state index in [0.29, 0.717) is 24.3 Å². The minimum atomic E-state index is -0.273. The summed E-state index contributed by atoms with van der Waals surface area (Å²) in [6, 6.07) is 7.19. The number of rotatable bonds is 0. The Morgan fingerprint density at radius 2 is 2.21 bits per heavy atom. The molecule has 2 unspecified atom stereocenters. The smallest absolute Gasteiger partial charge is 0.164 e. The summed E-state index contributed by atoms with van der Waals surface area (Å²) in [4.78, 5) is 0. The van der Waals surface area contributed by atoms with Gasteiger partial charge < -0.3 is 21.0 Å². The van der Waals surface area contributed by atoms with Gasteiger partial charge in [-0.3, -0.25) is 0 Å². The van der Waals surface area contributed by atoms with Gasteiger partial charge in [-0.1, -0.05) is 12.1 Å². The van der Waals surface area contributed by atoms with Crippen LogP contribution in [0.1, 0.15) is 12.0 Å². The summed E-state index contributed by atoms with van der Waals surface area (Å²) in [5.41, 5.74) is 7.59. The first-order valence-electron chi connectivity index (χ1n) is 6.07. The molecule has 0 amide bonds. The third kappa shape index (κ3) is 1.65. The van der Waals surface area contributed by atoms with Gasteiger partial charge in [0, 0.05) is 18.0 Å². The minimum Gasteiger partial charge on any atom is -0.504 e. The molecule has 3 rings (SSSR count). The van der Waals surface area contributed by atoms with Crippen LogP contribution in [0.25, 0.3) is 0 Å². The molecule has 5 nitrogen and oxygen atoms in total. The molecular weight excluding hydrogens is 242 g/mol. The fourth-order valence-corrected chi connectivity index (χ4v) is 2.75. The monoisotopic (exact) mass is 255 g/mol. The normalized spacial score (nSPS) is 25.1. The highest BCUT2D eigenvalue weighted by atomic mass is 16.5. The van der Waals surface area contributed by atoms with Crippen molar-refractivity contribution in [2.45, 2.75) is 18.9 Å². The SMILES string of the molecule is N#CC1=C(N)CC2Oc3c(O)cccc3CC2C1=N. The molecule has 5 heteroatoms. The van der Waals surface area contributed by atoms with Gasteiger partial charge >= 0.3 is 0 Å². The molecule has 96 valence electrons. The first-order chi connectivity index (χ1) is 9.11. The molecule has 1 aromatic rings. The van der Waals surface area contributed by atoms with Crippen molar-refractivity contribution >= 4 is 5.71 Å². The van der Waals surface area contributed by atoms with Crippen LogP contribution in [0.4, 0.5) is 0 Å². The fraction of sp³-hybridized carbons (Fsp3) is 0.286. The van der Waals surface area contributed by atoms with E-state index in [1.807, 2.05) is 12.1 Å². The van der Waals surface area contributed by atoms with Gasteiger partial charge in [-0.25, -0.2) is 0 Å². The standard InChI is InChI=1S/C14H13N3O2/c15-6-9-10(16)5-12-8(13(9)17)4-7-2-1-3-11(18)14(7)19-12/h1-3,8,12,17-18H,4-5,16H2. The van der Waals surface area contributed by atoms with Gasteiger partial charge in [-0.15, -0.1) is 0 Å². The third-order valence-corrected chi connectivity index (χ3v) is 3.73. The highest BCUT2D eigenvalue weighted by Crippen LogP contribution is 2.41. The van der Waals surface area contributed by atoms with Gasteiger partial charge in [0.2, 0.25) is 0 Å². The number of phenols is 1. The lowest BCUT2D eigenvalue weighted by atomic mass is 9.78. The number of phenolic OH excluding ortho intramolecular Hbond substituents is 1. The lowest BCUT2D eigenvalue weighted by Crippen LogP contribution is -2.43. The summed E-state index contributed by atoms with van der Waals surface area (Å²) in [5, 5.41) is 26.9. The van der Waals surface area contributed by atoms with Crippen molar-refractivity contribution in [3.05, 3.63) is 35.0 Å². The molecule has 19 heavy (non-hydrogen) atoms. The molecule has 0 saturated carbocycles.